The van der Waals surface area contributed by atoms with Crippen molar-refractivity contribution in [3.8, 4) is 5.75 Å². The summed E-state index contributed by atoms with van der Waals surface area (Å²) in [4.78, 5) is 24.2. The lowest BCUT2D eigenvalue weighted by Crippen LogP contribution is -2.20. The molecule has 184 valence electrons. The van der Waals surface area contributed by atoms with Gasteiger partial charge in [-0.25, -0.2) is 13.2 Å². The molecule has 2 N–H and O–H groups in total. The highest BCUT2D eigenvalue weighted by atomic mass is 32.2. The van der Waals surface area contributed by atoms with Gasteiger partial charge in [-0.3, -0.25) is 9.52 Å². The minimum absolute atomic E-state index is 0.0724. The van der Waals surface area contributed by atoms with E-state index in [1.165, 1.54) is 24.3 Å². The van der Waals surface area contributed by atoms with E-state index in [1.807, 2.05) is 26.0 Å². The molecule has 0 heterocycles. The number of amides is 1. The summed E-state index contributed by atoms with van der Waals surface area (Å²) in [6.45, 7) is 4.04. The van der Waals surface area contributed by atoms with Gasteiger partial charge in [-0.05, 0) is 74.0 Å². The van der Waals surface area contributed by atoms with Gasteiger partial charge in [0.25, 0.3) is 15.9 Å². The lowest BCUT2D eigenvalue weighted by molar-refractivity contribution is -0.118. The smallest absolute Gasteiger partial charge is 0.338 e. The highest BCUT2D eigenvalue weighted by Gasteiger charge is 2.14. The van der Waals surface area contributed by atoms with Crippen molar-refractivity contribution in [1.29, 1.82) is 0 Å². The summed E-state index contributed by atoms with van der Waals surface area (Å²) in [7, 11) is -3.75. The number of hydrogen-bond donors (Lipinski definition) is 2. The van der Waals surface area contributed by atoms with E-state index in [9.17, 15) is 18.0 Å². The second-order valence-electron chi connectivity index (χ2n) is 7.85. The van der Waals surface area contributed by atoms with Gasteiger partial charge < -0.3 is 14.8 Å². The van der Waals surface area contributed by atoms with Crippen LogP contribution in [-0.2, 0) is 19.6 Å². The highest BCUT2D eigenvalue weighted by molar-refractivity contribution is 7.92. The number of hydrogen-bond acceptors (Lipinski definition) is 6. The van der Waals surface area contributed by atoms with Crippen LogP contribution in [-0.4, -0.2) is 33.5 Å². The number of benzene rings is 3. The van der Waals surface area contributed by atoms with E-state index in [-0.39, 0.29) is 11.5 Å². The van der Waals surface area contributed by atoms with Crippen molar-refractivity contribution in [1.82, 2.24) is 0 Å². The number of esters is 1. The average Bonchev–Trinajstić information content (AvgIpc) is 2.85. The molecule has 0 fully saturated rings. The zero-order chi connectivity index (χ0) is 25.3. The van der Waals surface area contributed by atoms with Crippen molar-refractivity contribution < 1.29 is 27.5 Å². The molecule has 8 nitrogen and oxygen atoms in total. The number of ether oxygens (including phenoxy) is 2. The fraction of sp³-hybridized carbons (Fsp3) is 0.231. The van der Waals surface area contributed by atoms with E-state index in [0.29, 0.717) is 29.3 Å². The Morgan fingerprint density at radius 1 is 0.857 bits per heavy atom. The van der Waals surface area contributed by atoms with Gasteiger partial charge in [-0.15, -0.1) is 0 Å². The van der Waals surface area contributed by atoms with E-state index < -0.39 is 21.9 Å². The Morgan fingerprint density at radius 2 is 1.49 bits per heavy atom. The first kappa shape index (κ1) is 25.8. The van der Waals surface area contributed by atoms with Gasteiger partial charge in [-0.2, -0.15) is 0 Å². The van der Waals surface area contributed by atoms with Crippen molar-refractivity contribution >= 4 is 33.3 Å². The second kappa shape index (κ2) is 12.0. The van der Waals surface area contributed by atoms with Crippen molar-refractivity contribution in [3.05, 3.63) is 83.9 Å². The number of anilines is 2. The molecule has 0 bridgehead atoms. The van der Waals surface area contributed by atoms with Gasteiger partial charge in [0, 0.05) is 11.4 Å². The molecule has 1 amide bonds. The van der Waals surface area contributed by atoms with E-state index in [1.54, 1.807) is 36.4 Å². The Bertz CT molecular complexity index is 1240. The van der Waals surface area contributed by atoms with Crippen molar-refractivity contribution in [2.45, 2.75) is 31.6 Å². The van der Waals surface area contributed by atoms with Crippen LogP contribution in [0.15, 0.2) is 77.7 Å². The summed E-state index contributed by atoms with van der Waals surface area (Å²) in [6, 6.07) is 19.2. The molecule has 3 aromatic carbocycles. The van der Waals surface area contributed by atoms with Gasteiger partial charge in [0.1, 0.15) is 5.75 Å². The fourth-order valence-corrected chi connectivity index (χ4v) is 4.04. The number of sulfonamides is 1. The van der Waals surface area contributed by atoms with Crippen LogP contribution in [0, 0.1) is 6.92 Å². The maximum atomic E-state index is 12.6. The van der Waals surface area contributed by atoms with Gasteiger partial charge >= 0.3 is 5.97 Å². The normalized spacial score (nSPS) is 10.9. The van der Waals surface area contributed by atoms with E-state index in [0.717, 1.165) is 18.4 Å². The second-order valence-corrected chi connectivity index (χ2v) is 9.53. The van der Waals surface area contributed by atoms with Crippen LogP contribution in [0.5, 0.6) is 5.75 Å². The SMILES string of the molecule is CCCCOC(=O)c1ccc(NC(=O)COc2ccc(S(=O)(=O)Nc3ccc(C)cc3)cc2)cc1. The zero-order valence-corrected chi connectivity index (χ0v) is 20.4. The Labute approximate surface area is 205 Å². The maximum Gasteiger partial charge on any atom is 0.338 e. The topological polar surface area (TPSA) is 111 Å². The lowest BCUT2D eigenvalue weighted by Gasteiger charge is -2.10. The Morgan fingerprint density at radius 3 is 2.11 bits per heavy atom. The van der Waals surface area contributed by atoms with Crippen LogP contribution < -0.4 is 14.8 Å². The first-order chi connectivity index (χ1) is 16.8. The van der Waals surface area contributed by atoms with Crippen LogP contribution in [0.1, 0.15) is 35.7 Å². The Hall–Kier alpha value is -3.85. The third-order valence-electron chi connectivity index (χ3n) is 4.94. The molecule has 35 heavy (non-hydrogen) atoms. The number of carbonyl (C=O) groups is 2. The van der Waals surface area contributed by atoms with Crippen molar-refractivity contribution in [2.75, 3.05) is 23.3 Å². The van der Waals surface area contributed by atoms with Crippen LogP contribution in [0.3, 0.4) is 0 Å². The molecule has 0 atom stereocenters. The Balaban J connectivity index is 1.49. The van der Waals surface area contributed by atoms with Gasteiger partial charge in [0.2, 0.25) is 0 Å². The summed E-state index contributed by atoms with van der Waals surface area (Å²) in [5.41, 5.74) is 2.40. The minimum Gasteiger partial charge on any atom is -0.484 e. The predicted molar refractivity (Wildman–Crippen MR) is 134 cm³/mol. The first-order valence-corrected chi connectivity index (χ1v) is 12.6. The number of rotatable bonds is 11. The summed E-state index contributed by atoms with van der Waals surface area (Å²) in [5.74, 6) is -0.459. The fourth-order valence-electron chi connectivity index (χ4n) is 2.98. The van der Waals surface area contributed by atoms with E-state index >= 15 is 0 Å². The molecule has 0 spiro atoms. The summed E-state index contributed by atoms with van der Waals surface area (Å²) >= 11 is 0. The number of aryl methyl sites for hydroxylation is 1. The number of unbranched alkanes of at least 4 members (excludes halogenated alkanes) is 1. The standard InChI is InChI=1S/C26H28N2O6S/c1-3-4-17-33-26(30)20-7-11-21(12-8-20)27-25(29)18-34-23-13-15-24(16-14-23)35(31,32)28-22-9-5-19(2)6-10-22/h5-16,28H,3-4,17-18H2,1-2H3,(H,27,29). The maximum absolute atomic E-state index is 12.6. The monoisotopic (exact) mass is 496 g/mol. The van der Waals surface area contributed by atoms with Gasteiger partial charge in [-0.1, -0.05) is 31.0 Å². The largest absolute Gasteiger partial charge is 0.484 e. The predicted octanol–water partition coefficient (Wildman–Crippen LogP) is 4.77. The minimum atomic E-state index is -3.75. The molecule has 0 saturated heterocycles. The molecule has 0 aromatic heterocycles. The van der Waals surface area contributed by atoms with Gasteiger partial charge in [0.15, 0.2) is 6.61 Å². The lowest BCUT2D eigenvalue weighted by atomic mass is 10.2. The Kier molecular flexibility index (Phi) is 8.86. The average molecular weight is 497 g/mol. The molecule has 0 aliphatic rings. The summed E-state index contributed by atoms with van der Waals surface area (Å²) < 4.78 is 38.2. The third-order valence-corrected chi connectivity index (χ3v) is 6.34. The molecule has 0 aliphatic carbocycles. The zero-order valence-electron chi connectivity index (χ0n) is 19.6. The number of nitrogens with one attached hydrogen (secondary N) is 2. The van der Waals surface area contributed by atoms with Crippen LogP contribution in [0.4, 0.5) is 11.4 Å². The first-order valence-electron chi connectivity index (χ1n) is 11.2. The quantitative estimate of drug-likeness (QED) is 0.292. The molecule has 9 heteroatoms. The van der Waals surface area contributed by atoms with Crippen molar-refractivity contribution in [2.24, 2.45) is 0 Å². The molecular formula is C26H28N2O6S. The van der Waals surface area contributed by atoms with Crippen LogP contribution >= 0.6 is 0 Å². The third kappa shape index (κ3) is 7.86. The molecule has 0 aliphatic heterocycles. The molecule has 3 rings (SSSR count). The number of carbonyl (C=O) groups excluding carboxylic acids is 2. The molecule has 0 radical (unpaired) electrons. The molecular weight excluding hydrogens is 468 g/mol. The van der Waals surface area contributed by atoms with Crippen LogP contribution in [0.25, 0.3) is 0 Å². The van der Waals surface area contributed by atoms with E-state index in [2.05, 4.69) is 10.0 Å². The molecule has 0 unspecified atom stereocenters. The van der Waals surface area contributed by atoms with E-state index in [4.69, 9.17) is 9.47 Å². The van der Waals surface area contributed by atoms with Gasteiger partial charge in [0.05, 0.1) is 17.1 Å². The van der Waals surface area contributed by atoms with Crippen molar-refractivity contribution in [3.63, 3.8) is 0 Å². The molecule has 0 saturated carbocycles. The van der Waals surface area contributed by atoms with Crippen LogP contribution in [0.2, 0.25) is 0 Å². The summed E-state index contributed by atoms with van der Waals surface area (Å²) in [6.07, 6.45) is 1.75. The summed E-state index contributed by atoms with van der Waals surface area (Å²) in [5, 5.41) is 2.68. The molecule has 3 aromatic rings. The highest BCUT2D eigenvalue weighted by Crippen LogP contribution is 2.20.